The van der Waals surface area contributed by atoms with Crippen LogP contribution in [-0.2, 0) is 14.3 Å². The smallest absolute Gasteiger partial charge is 0.271 e. The van der Waals surface area contributed by atoms with Crippen molar-refractivity contribution >= 4 is 17.9 Å². The monoisotopic (exact) mass is 550 g/mol. The third kappa shape index (κ3) is 6.53. The summed E-state index contributed by atoms with van der Waals surface area (Å²) in [4.78, 5) is 27.9. The molecule has 0 aliphatic carbocycles. The van der Waals surface area contributed by atoms with Crippen LogP contribution in [0.4, 0.5) is 0 Å². The number of carbonyl (C=O) groups excluding carboxylic acids is 2. The number of nitriles is 1. The Kier molecular flexibility index (Phi) is 9.33. The van der Waals surface area contributed by atoms with Crippen LogP contribution in [0, 0.1) is 18.3 Å². The van der Waals surface area contributed by atoms with E-state index in [1.54, 1.807) is 23.8 Å². The van der Waals surface area contributed by atoms with E-state index in [0.29, 0.717) is 42.2 Å². The largest absolute Gasteiger partial charge is 0.490 e. The van der Waals surface area contributed by atoms with Gasteiger partial charge in [0.05, 0.1) is 11.8 Å². The molecule has 0 N–H and O–H groups in total. The number of ether oxygens (including phenoxy) is 2. The van der Waals surface area contributed by atoms with E-state index in [1.165, 1.54) is 0 Å². The zero-order chi connectivity index (χ0) is 29.5. The molecule has 1 aliphatic rings. The van der Waals surface area contributed by atoms with Crippen molar-refractivity contribution in [3.63, 3.8) is 0 Å². The fraction of sp³-hybridized carbons (Fsp3) is 0.273. The molecular formula is C33H34N4O4. The van der Waals surface area contributed by atoms with E-state index in [4.69, 9.17) is 14.6 Å². The van der Waals surface area contributed by atoms with Gasteiger partial charge in [0.15, 0.2) is 0 Å². The van der Waals surface area contributed by atoms with Gasteiger partial charge in [0.2, 0.25) is 0 Å². The summed E-state index contributed by atoms with van der Waals surface area (Å²) in [7, 11) is 0. The summed E-state index contributed by atoms with van der Waals surface area (Å²) in [6, 6.07) is 17.4. The highest BCUT2D eigenvalue weighted by atomic mass is 16.5. The van der Waals surface area contributed by atoms with Gasteiger partial charge in [-0.15, -0.1) is 0 Å². The molecule has 0 unspecified atom stereocenters. The highest BCUT2D eigenvalue weighted by Crippen LogP contribution is 2.33. The van der Waals surface area contributed by atoms with Crippen LogP contribution in [0.5, 0.6) is 5.75 Å². The van der Waals surface area contributed by atoms with Crippen molar-refractivity contribution in [1.29, 1.82) is 5.26 Å². The molecule has 0 saturated carbocycles. The normalized spacial score (nSPS) is 14.6. The van der Waals surface area contributed by atoms with Crippen molar-refractivity contribution in [2.45, 2.75) is 40.2 Å². The first-order valence-corrected chi connectivity index (χ1v) is 13.6. The first kappa shape index (κ1) is 29.2. The maximum atomic E-state index is 13.7. The van der Waals surface area contributed by atoms with Gasteiger partial charge in [-0.3, -0.25) is 14.5 Å². The van der Waals surface area contributed by atoms with Gasteiger partial charge >= 0.3 is 0 Å². The third-order valence-electron chi connectivity index (χ3n) is 6.69. The Bertz CT molecular complexity index is 1560. The van der Waals surface area contributed by atoms with Gasteiger partial charge in [-0.1, -0.05) is 30.9 Å². The van der Waals surface area contributed by atoms with Crippen LogP contribution in [0.3, 0.4) is 0 Å². The van der Waals surface area contributed by atoms with Crippen molar-refractivity contribution in [1.82, 2.24) is 14.7 Å². The summed E-state index contributed by atoms with van der Waals surface area (Å²) in [6.45, 7) is 12.1. The van der Waals surface area contributed by atoms with E-state index in [1.807, 2.05) is 81.6 Å². The molecule has 2 heterocycles. The van der Waals surface area contributed by atoms with Crippen LogP contribution < -0.4 is 4.74 Å². The predicted molar refractivity (Wildman–Crippen MR) is 158 cm³/mol. The second-order valence-corrected chi connectivity index (χ2v) is 9.99. The second kappa shape index (κ2) is 13.1. The Labute approximate surface area is 240 Å². The maximum Gasteiger partial charge on any atom is 0.271 e. The molecule has 2 amide bonds. The van der Waals surface area contributed by atoms with Crippen molar-refractivity contribution in [3.05, 3.63) is 95.2 Å². The molecule has 0 spiro atoms. The topological polar surface area (TPSA) is 97.4 Å². The molecule has 0 bridgehead atoms. The number of carbonyl (C=O) groups is 2. The van der Waals surface area contributed by atoms with E-state index in [-0.39, 0.29) is 23.8 Å². The quantitative estimate of drug-likeness (QED) is 0.129. The molecule has 1 aliphatic heterocycles. The van der Waals surface area contributed by atoms with E-state index < -0.39 is 11.8 Å². The molecule has 0 fully saturated rings. The van der Waals surface area contributed by atoms with Crippen LogP contribution in [0.15, 0.2) is 84.1 Å². The molecule has 41 heavy (non-hydrogen) atoms. The SMILES string of the molecule is C=CCOc1ccc(-c2nn(-c3ccccc3)cc2/C=C2/C(=O)N(CCCOC(C)C)C(=O)C(C#N)=C2C)c(C)c1. The number of para-hydroxylation sites is 1. The zero-order valence-corrected chi connectivity index (χ0v) is 23.9. The number of aromatic nitrogens is 2. The maximum absolute atomic E-state index is 13.7. The minimum Gasteiger partial charge on any atom is -0.490 e. The lowest BCUT2D eigenvalue weighted by atomic mass is 9.92. The summed E-state index contributed by atoms with van der Waals surface area (Å²) in [5, 5.41) is 14.7. The number of hydrogen-bond donors (Lipinski definition) is 0. The van der Waals surface area contributed by atoms with Crippen molar-refractivity contribution in [2.24, 2.45) is 0 Å². The standard InChI is InChI=1S/C33H34N4O4/c1-6-16-41-27-13-14-28(23(4)18-27)31-25(21-37(35-31)26-11-8-7-9-12-26)19-29-24(5)30(20-34)33(39)36(32(29)38)15-10-17-40-22(2)3/h6-9,11-14,18-19,21-22H,1,10,15-17H2,2-5H3/b29-19+. The lowest BCUT2D eigenvalue weighted by molar-refractivity contribution is -0.140. The van der Waals surface area contributed by atoms with Crippen LogP contribution in [0.25, 0.3) is 23.0 Å². The van der Waals surface area contributed by atoms with E-state index in [2.05, 4.69) is 6.58 Å². The Morgan fingerprint density at radius 3 is 2.51 bits per heavy atom. The van der Waals surface area contributed by atoms with Crippen molar-refractivity contribution in [2.75, 3.05) is 19.8 Å². The van der Waals surface area contributed by atoms with Crippen molar-refractivity contribution < 1.29 is 19.1 Å². The highest BCUT2D eigenvalue weighted by Gasteiger charge is 2.35. The van der Waals surface area contributed by atoms with E-state index in [0.717, 1.165) is 21.7 Å². The molecular weight excluding hydrogens is 516 g/mol. The minimum atomic E-state index is -0.581. The zero-order valence-electron chi connectivity index (χ0n) is 23.9. The lowest BCUT2D eigenvalue weighted by Crippen LogP contribution is -2.43. The number of amides is 2. The van der Waals surface area contributed by atoms with Gasteiger partial charge in [-0.2, -0.15) is 10.4 Å². The molecule has 0 atom stereocenters. The number of benzene rings is 2. The number of hydrogen-bond acceptors (Lipinski definition) is 6. The molecule has 0 saturated heterocycles. The van der Waals surface area contributed by atoms with Gasteiger partial charge in [0.1, 0.15) is 29.7 Å². The fourth-order valence-electron chi connectivity index (χ4n) is 4.59. The average molecular weight is 551 g/mol. The number of nitrogens with zero attached hydrogens (tertiary/aromatic N) is 4. The lowest BCUT2D eigenvalue weighted by Gasteiger charge is -2.27. The molecule has 3 aromatic rings. The second-order valence-electron chi connectivity index (χ2n) is 9.99. The molecule has 210 valence electrons. The number of aryl methyl sites for hydroxylation is 1. The van der Waals surface area contributed by atoms with E-state index >= 15 is 0 Å². The molecule has 4 rings (SSSR count). The predicted octanol–water partition coefficient (Wildman–Crippen LogP) is 5.82. The highest BCUT2D eigenvalue weighted by molar-refractivity contribution is 6.19. The Balaban J connectivity index is 1.81. The first-order chi connectivity index (χ1) is 19.7. The van der Waals surface area contributed by atoms with Crippen LogP contribution >= 0.6 is 0 Å². The summed E-state index contributed by atoms with van der Waals surface area (Å²) in [5.74, 6) is -0.314. The van der Waals surface area contributed by atoms with Crippen LogP contribution in [0.1, 0.15) is 38.3 Å². The van der Waals surface area contributed by atoms with Gasteiger partial charge in [0.25, 0.3) is 11.8 Å². The minimum absolute atomic E-state index is 0.0423. The number of imide groups is 1. The molecule has 2 aromatic carbocycles. The fourth-order valence-corrected chi connectivity index (χ4v) is 4.59. The summed E-state index contributed by atoms with van der Waals surface area (Å²) in [5.41, 5.74) is 4.56. The number of rotatable bonds is 11. The van der Waals surface area contributed by atoms with Crippen LogP contribution in [-0.4, -0.2) is 52.4 Å². The Morgan fingerprint density at radius 1 is 1.10 bits per heavy atom. The molecule has 8 nitrogen and oxygen atoms in total. The van der Waals surface area contributed by atoms with Crippen molar-refractivity contribution in [3.8, 4) is 28.8 Å². The van der Waals surface area contributed by atoms with Gasteiger partial charge < -0.3 is 9.47 Å². The first-order valence-electron chi connectivity index (χ1n) is 13.6. The summed E-state index contributed by atoms with van der Waals surface area (Å²) in [6.07, 6.45) is 5.77. The molecule has 0 radical (unpaired) electrons. The molecule has 1 aromatic heterocycles. The Morgan fingerprint density at radius 2 is 1.85 bits per heavy atom. The Hall–Kier alpha value is -4.74. The van der Waals surface area contributed by atoms with Gasteiger partial charge in [-0.05, 0) is 81.7 Å². The third-order valence-corrected chi connectivity index (χ3v) is 6.69. The molecule has 8 heteroatoms. The summed E-state index contributed by atoms with van der Waals surface area (Å²) < 4.78 is 13.0. The van der Waals surface area contributed by atoms with Gasteiger partial charge in [0, 0.05) is 36.0 Å². The van der Waals surface area contributed by atoms with Crippen LogP contribution in [0.2, 0.25) is 0 Å². The van der Waals surface area contributed by atoms with Gasteiger partial charge in [-0.25, -0.2) is 4.68 Å². The average Bonchev–Trinajstić information content (AvgIpc) is 3.38. The summed E-state index contributed by atoms with van der Waals surface area (Å²) >= 11 is 0. The van der Waals surface area contributed by atoms with E-state index in [9.17, 15) is 14.9 Å².